The van der Waals surface area contributed by atoms with E-state index in [4.69, 9.17) is 0 Å². The zero-order valence-corrected chi connectivity index (χ0v) is 14.2. The van der Waals surface area contributed by atoms with Gasteiger partial charge in [0, 0.05) is 25.0 Å². The molecule has 1 N–H and O–H groups in total. The van der Waals surface area contributed by atoms with Crippen LogP contribution >= 0.6 is 0 Å². The van der Waals surface area contributed by atoms with E-state index in [1.165, 1.54) is 31.5 Å². The molecule has 2 heterocycles. The van der Waals surface area contributed by atoms with E-state index in [9.17, 15) is 9.90 Å². The van der Waals surface area contributed by atoms with Crippen LogP contribution in [0.2, 0.25) is 0 Å². The Morgan fingerprint density at radius 3 is 2.76 bits per heavy atom. The van der Waals surface area contributed by atoms with Gasteiger partial charge in [-0.1, -0.05) is 12.1 Å². The SMILES string of the molecule is O=C(O)c1cccc2c1CCN(Cc1nnc(C3CC3)n1C1CC1)C2. The highest BCUT2D eigenvalue weighted by atomic mass is 16.4. The van der Waals surface area contributed by atoms with Gasteiger partial charge in [-0.15, -0.1) is 10.2 Å². The lowest BCUT2D eigenvalue weighted by molar-refractivity contribution is 0.0694. The van der Waals surface area contributed by atoms with Gasteiger partial charge < -0.3 is 9.67 Å². The average Bonchev–Trinajstić information content (AvgIpc) is 3.53. The number of carboxylic acids is 1. The van der Waals surface area contributed by atoms with E-state index in [1.54, 1.807) is 6.07 Å². The Labute approximate surface area is 146 Å². The van der Waals surface area contributed by atoms with Gasteiger partial charge in [-0.05, 0) is 49.3 Å². The van der Waals surface area contributed by atoms with Gasteiger partial charge in [-0.2, -0.15) is 0 Å². The molecule has 0 unspecified atom stereocenters. The Bertz CT molecular complexity index is 836. The Kier molecular flexibility index (Phi) is 3.41. The van der Waals surface area contributed by atoms with E-state index in [-0.39, 0.29) is 0 Å². The molecular formula is C19H22N4O2. The lowest BCUT2D eigenvalue weighted by Crippen LogP contribution is -2.32. The molecule has 5 rings (SSSR count). The number of benzene rings is 1. The van der Waals surface area contributed by atoms with Crippen molar-refractivity contribution in [2.24, 2.45) is 0 Å². The van der Waals surface area contributed by atoms with E-state index in [2.05, 4.69) is 25.7 Å². The van der Waals surface area contributed by atoms with Crippen molar-refractivity contribution in [3.8, 4) is 0 Å². The average molecular weight is 338 g/mol. The van der Waals surface area contributed by atoms with E-state index < -0.39 is 5.97 Å². The zero-order valence-electron chi connectivity index (χ0n) is 14.2. The third kappa shape index (κ3) is 2.74. The predicted octanol–water partition coefficient (Wildman–Crippen LogP) is 2.75. The predicted molar refractivity (Wildman–Crippen MR) is 91.5 cm³/mol. The van der Waals surface area contributed by atoms with Crippen LogP contribution in [0.15, 0.2) is 18.2 Å². The molecule has 1 aliphatic heterocycles. The molecule has 6 nitrogen and oxygen atoms in total. The fraction of sp³-hybridized carbons (Fsp3) is 0.526. The molecule has 0 spiro atoms. The van der Waals surface area contributed by atoms with Crippen LogP contribution in [0, 0.1) is 0 Å². The number of carbonyl (C=O) groups is 1. The summed E-state index contributed by atoms with van der Waals surface area (Å²) in [4.78, 5) is 13.8. The first-order chi connectivity index (χ1) is 12.2. The zero-order chi connectivity index (χ0) is 17.0. The van der Waals surface area contributed by atoms with E-state index >= 15 is 0 Å². The standard InChI is InChI=1S/C19H22N4O2/c24-19(25)16-3-1-2-13-10-22(9-8-15(13)16)11-17-20-21-18(12-4-5-12)23(17)14-6-7-14/h1-3,12,14H,4-11H2,(H,24,25). The third-order valence-electron chi connectivity index (χ3n) is 5.59. The number of carboxylic acid groups (broad SMARTS) is 1. The first-order valence-electron chi connectivity index (χ1n) is 9.21. The van der Waals surface area contributed by atoms with Crippen LogP contribution in [0.5, 0.6) is 0 Å². The summed E-state index contributed by atoms with van der Waals surface area (Å²) >= 11 is 0. The van der Waals surface area contributed by atoms with Crippen LogP contribution in [0.4, 0.5) is 0 Å². The maximum Gasteiger partial charge on any atom is 0.335 e. The van der Waals surface area contributed by atoms with Crippen molar-refractivity contribution in [1.82, 2.24) is 19.7 Å². The minimum atomic E-state index is -0.826. The number of aromatic carboxylic acids is 1. The first-order valence-corrected chi connectivity index (χ1v) is 9.21. The summed E-state index contributed by atoms with van der Waals surface area (Å²) in [6, 6.07) is 6.22. The molecule has 3 aliphatic rings. The van der Waals surface area contributed by atoms with Crippen LogP contribution in [-0.2, 0) is 19.5 Å². The topological polar surface area (TPSA) is 71.2 Å². The van der Waals surface area contributed by atoms with Crippen molar-refractivity contribution in [3.05, 3.63) is 46.5 Å². The summed E-state index contributed by atoms with van der Waals surface area (Å²) in [7, 11) is 0. The Morgan fingerprint density at radius 1 is 1.20 bits per heavy atom. The van der Waals surface area contributed by atoms with E-state index in [0.29, 0.717) is 17.5 Å². The van der Waals surface area contributed by atoms with Gasteiger partial charge in [0.2, 0.25) is 0 Å². The second kappa shape index (κ2) is 5.66. The second-order valence-corrected chi connectivity index (χ2v) is 7.56. The smallest absolute Gasteiger partial charge is 0.335 e. The molecule has 0 amide bonds. The fourth-order valence-electron chi connectivity index (χ4n) is 4.00. The number of aromatic nitrogens is 3. The number of hydrogen-bond donors (Lipinski definition) is 1. The minimum Gasteiger partial charge on any atom is -0.478 e. The highest BCUT2D eigenvalue weighted by Crippen LogP contribution is 2.44. The number of hydrogen-bond acceptors (Lipinski definition) is 4. The van der Waals surface area contributed by atoms with Gasteiger partial charge >= 0.3 is 5.97 Å². The van der Waals surface area contributed by atoms with Crippen molar-refractivity contribution in [3.63, 3.8) is 0 Å². The van der Waals surface area contributed by atoms with Crippen LogP contribution in [0.3, 0.4) is 0 Å². The van der Waals surface area contributed by atoms with Crippen molar-refractivity contribution in [2.75, 3.05) is 6.54 Å². The number of fused-ring (bicyclic) bond motifs is 1. The highest BCUT2D eigenvalue weighted by molar-refractivity contribution is 5.89. The molecule has 2 saturated carbocycles. The largest absolute Gasteiger partial charge is 0.478 e. The maximum absolute atomic E-state index is 11.4. The van der Waals surface area contributed by atoms with Gasteiger partial charge in [0.25, 0.3) is 0 Å². The van der Waals surface area contributed by atoms with Crippen LogP contribution in [-0.4, -0.2) is 37.3 Å². The lowest BCUT2D eigenvalue weighted by Gasteiger charge is -2.29. The molecule has 1 aromatic carbocycles. The molecule has 25 heavy (non-hydrogen) atoms. The van der Waals surface area contributed by atoms with Crippen molar-refractivity contribution in [1.29, 1.82) is 0 Å². The summed E-state index contributed by atoms with van der Waals surface area (Å²) < 4.78 is 2.40. The van der Waals surface area contributed by atoms with Gasteiger partial charge in [-0.3, -0.25) is 4.90 Å². The molecular weight excluding hydrogens is 316 g/mol. The molecule has 0 saturated heterocycles. The normalized spacial score (nSPS) is 20.5. The van der Waals surface area contributed by atoms with Crippen molar-refractivity contribution < 1.29 is 9.90 Å². The quantitative estimate of drug-likeness (QED) is 0.908. The summed E-state index contributed by atoms with van der Waals surface area (Å²) in [5, 5.41) is 18.4. The van der Waals surface area contributed by atoms with Gasteiger partial charge in [0.05, 0.1) is 12.1 Å². The first kappa shape index (κ1) is 15.1. The molecule has 130 valence electrons. The summed E-state index contributed by atoms with van der Waals surface area (Å²) in [5.41, 5.74) is 2.58. The molecule has 0 atom stereocenters. The minimum absolute atomic E-state index is 0.453. The van der Waals surface area contributed by atoms with Crippen LogP contribution in [0.25, 0.3) is 0 Å². The maximum atomic E-state index is 11.4. The molecule has 0 radical (unpaired) electrons. The summed E-state index contributed by atoms with van der Waals surface area (Å²) in [6.45, 7) is 2.45. The number of rotatable bonds is 5. The molecule has 0 bridgehead atoms. The molecule has 2 fully saturated rings. The van der Waals surface area contributed by atoms with E-state index in [1.807, 2.05) is 6.07 Å². The molecule has 2 aromatic rings. The van der Waals surface area contributed by atoms with Crippen LogP contribution < -0.4 is 0 Å². The van der Waals surface area contributed by atoms with Crippen molar-refractivity contribution in [2.45, 2.75) is 57.2 Å². The molecule has 6 heteroatoms. The lowest BCUT2D eigenvalue weighted by atomic mass is 9.94. The molecule has 2 aliphatic carbocycles. The monoisotopic (exact) mass is 338 g/mol. The van der Waals surface area contributed by atoms with E-state index in [0.717, 1.165) is 43.0 Å². The second-order valence-electron chi connectivity index (χ2n) is 7.56. The Hall–Kier alpha value is -2.21. The third-order valence-corrected chi connectivity index (χ3v) is 5.59. The summed E-state index contributed by atoms with van der Waals surface area (Å²) in [6.07, 6.45) is 5.77. The van der Waals surface area contributed by atoms with Crippen LogP contribution in [0.1, 0.15) is 70.8 Å². The fourth-order valence-corrected chi connectivity index (χ4v) is 4.00. The summed E-state index contributed by atoms with van der Waals surface area (Å²) in [5.74, 6) is 2.08. The van der Waals surface area contributed by atoms with Gasteiger partial charge in [0.15, 0.2) is 0 Å². The van der Waals surface area contributed by atoms with Gasteiger partial charge in [-0.25, -0.2) is 4.79 Å². The highest BCUT2D eigenvalue weighted by Gasteiger charge is 2.36. The Balaban J connectivity index is 1.38. The molecule has 1 aromatic heterocycles. The number of nitrogens with zero attached hydrogens (tertiary/aromatic N) is 4. The van der Waals surface area contributed by atoms with Gasteiger partial charge in [0.1, 0.15) is 11.6 Å². The van der Waals surface area contributed by atoms with Crippen molar-refractivity contribution >= 4 is 5.97 Å². The Morgan fingerprint density at radius 2 is 2.04 bits per heavy atom.